The molecular formula is C19H30N2O2. The summed E-state index contributed by atoms with van der Waals surface area (Å²) in [4.78, 5) is 2.48. The van der Waals surface area contributed by atoms with Gasteiger partial charge < -0.3 is 15.2 Å². The molecule has 4 heteroatoms. The number of hydrogen-bond acceptors (Lipinski definition) is 4. The summed E-state index contributed by atoms with van der Waals surface area (Å²) in [6.45, 7) is 6.87. The lowest BCUT2D eigenvalue weighted by molar-refractivity contribution is -0.0470. The fourth-order valence-corrected chi connectivity index (χ4v) is 3.74. The van der Waals surface area contributed by atoms with Crippen LogP contribution in [0.5, 0.6) is 0 Å². The Hall–Kier alpha value is -0.940. The summed E-state index contributed by atoms with van der Waals surface area (Å²) in [6.07, 6.45) is 3.38. The summed E-state index contributed by atoms with van der Waals surface area (Å²) >= 11 is 0. The van der Waals surface area contributed by atoms with Crippen molar-refractivity contribution in [2.45, 2.75) is 51.0 Å². The van der Waals surface area contributed by atoms with Crippen molar-refractivity contribution >= 4 is 0 Å². The van der Waals surface area contributed by atoms with Crippen LogP contribution in [0.3, 0.4) is 0 Å². The number of hydrogen-bond donors (Lipinski definition) is 2. The van der Waals surface area contributed by atoms with Gasteiger partial charge in [-0.25, -0.2) is 0 Å². The summed E-state index contributed by atoms with van der Waals surface area (Å²) in [7, 11) is 0. The number of rotatable bonds is 6. The highest BCUT2D eigenvalue weighted by atomic mass is 16.5. The van der Waals surface area contributed by atoms with Crippen molar-refractivity contribution in [3.63, 3.8) is 0 Å². The van der Waals surface area contributed by atoms with Gasteiger partial charge in [0.05, 0.1) is 18.8 Å². The number of aliphatic hydroxyl groups is 1. The SMILES string of the molecule is CC(NCC1CCCC1O)C1CN(Cc2ccccc2)CCO1. The Morgan fingerprint density at radius 2 is 2.13 bits per heavy atom. The van der Waals surface area contributed by atoms with Crippen LogP contribution in [0.15, 0.2) is 30.3 Å². The van der Waals surface area contributed by atoms with E-state index in [0.29, 0.717) is 12.0 Å². The first-order valence-electron chi connectivity index (χ1n) is 9.01. The third kappa shape index (κ3) is 4.77. The predicted octanol–water partition coefficient (Wildman–Crippen LogP) is 2.03. The number of morpholine rings is 1. The third-order valence-corrected chi connectivity index (χ3v) is 5.31. The lowest BCUT2D eigenvalue weighted by Gasteiger charge is -2.36. The minimum atomic E-state index is -0.114. The van der Waals surface area contributed by atoms with Gasteiger partial charge in [-0.1, -0.05) is 36.8 Å². The van der Waals surface area contributed by atoms with Gasteiger partial charge in [0.1, 0.15) is 0 Å². The Labute approximate surface area is 139 Å². The van der Waals surface area contributed by atoms with Crippen LogP contribution in [0, 0.1) is 5.92 Å². The van der Waals surface area contributed by atoms with Crippen molar-refractivity contribution in [2.24, 2.45) is 5.92 Å². The Morgan fingerprint density at radius 1 is 1.30 bits per heavy atom. The average Bonchev–Trinajstić information content (AvgIpc) is 2.99. The first-order chi connectivity index (χ1) is 11.2. The molecule has 2 N–H and O–H groups in total. The highest BCUT2D eigenvalue weighted by molar-refractivity contribution is 5.14. The quantitative estimate of drug-likeness (QED) is 0.842. The zero-order valence-corrected chi connectivity index (χ0v) is 14.2. The van der Waals surface area contributed by atoms with Crippen LogP contribution in [-0.2, 0) is 11.3 Å². The van der Waals surface area contributed by atoms with Gasteiger partial charge in [-0.3, -0.25) is 4.90 Å². The molecule has 2 aliphatic rings. The van der Waals surface area contributed by atoms with Crippen LogP contribution in [0.4, 0.5) is 0 Å². The number of nitrogens with one attached hydrogen (secondary N) is 1. The smallest absolute Gasteiger partial charge is 0.0852 e. The average molecular weight is 318 g/mol. The van der Waals surface area contributed by atoms with E-state index >= 15 is 0 Å². The Balaban J connectivity index is 1.45. The second kappa shape index (κ2) is 8.25. The predicted molar refractivity (Wildman–Crippen MR) is 92.3 cm³/mol. The highest BCUT2D eigenvalue weighted by Crippen LogP contribution is 2.25. The minimum absolute atomic E-state index is 0.114. The molecule has 4 nitrogen and oxygen atoms in total. The molecule has 2 fully saturated rings. The minimum Gasteiger partial charge on any atom is -0.393 e. The largest absolute Gasteiger partial charge is 0.393 e. The summed E-state index contributed by atoms with van der Waals surface area (Å²) in [5.41, 5.74) is 1.36. The number of benzene rings is 1. The van der Waals surface area contributed by atoms with Gasteiger partial charge in [-0.15, -0.1) is 0 Å². The van der Waals surface area contributed by atoms with Gasteiger partial charge in [0, 0.05) is 32.2 Å². The standard InChI is InChI=1S/C19H30N2O2/c1-15(20-12-17-8-5-9-18(17)22)19-14-21(10-11-23-19)13-16-6-3-2-4-7-16/h2-4,6-7,15,17-20,22H,5,8-14H2,1H3. The second-order valence-corrected chi connectivity index (χ2v) is 7.09. The molecule has 0 spiro atoms. The molecule has 3 rings (SSSR count). The maximum Gasteiger partial charge on any atom is 0.0852 e. The van der Waals surface area contributed by atoms with Crippen molar-refractivity contribution < 1.29 is 9.84 Å². The Kier molecular flexibility index (Phi) is 6.06. The summed E-state index contributed by atoms with van der Waals surface area (Å²) in [5.74, 6) is 0.418. The molecule has 4 atom stereocenters. The lowest BCUT2D eigenvalue weighted by Crippen LogP contribution is -2.51. The molecule has 1 aliphatic heterocycles. The van der Waals surface area contributed by atoms with Crippen LogP contribution in [0.25, 0.3) is 0 Å². The van der Waals surface area contributed by atoms with Crippen molar-refractivity contribution in [1.29, 1.82) is 0 Å². The number of aliphatic hydroxyl groups excluding tert-OH is 1. The summed E-state index contributed by atoms with van der Waals surface area (Å²) < 4.78 is 5.98. The lowest BCUT2D eigenvalue weighted by atomic mass is 10.0. The van der Waals surface area contributed by atoms with E-state index in [2.05, 4.69) is 47.5 Å². The van der Waals surface area contributed by atoms with Crippen molar-refractivity contribution in [1.82, 2.24) is 10.2 Å². The first kappa shape index (κ1) is 16.9. The topological polar surface area (TPSA) is 44.7 Å². The molecule has 1 saturated heterocycles. The second-order valence-electron chi connectivity index (χ2n) is 7.09. The van der Waals surface area contributed by atoms with Gasteiger partial charge >= 0.3 is 0 Å². The third-order valence-electron chi connectivity index (χ3n) is 5.31. The molecule has 0 aromatic heterocycles. The van der Waals surface area contributed by atoms with E-state index in [1.54, 1.807) is 0 Å². The van der Waals surface area contributed by atoms with Crippen LogP contribution >= 0.6 is 0 Å². The van der Waals surface area contributed by atoms with E-state index < -0.39 is 0 Å². The van der Waals surface area contributed by atoms with Crippen LogP contribution in [0.1, 0.15) is 31.7 Å². The van der Waals surface area contributed by atoms with E-state index in [4.69, 9.17) is 4.74 Å². The highest BCUT2D eigenvalue weighted by Gasteiger charge is 2.28. The summed E-state index contributed by atoms with van der Waals surface area (Å²) in [5, 5.41) is 13.5. The number of ether oxygens (including phenoxy) is 1. The Bertz CT molecular complexity index is 468. The molecule has 0 radical (unpaired) electrons. The van der Waals surface area contributed by atoms with Crippen LogP contribution in [0.2, 0.25) is 0 Å². The Morgan fingerprint density at radius 3 is 2.87 bits per heavy atom. The summed E-state index contributed by atoms with van der Waals surface area (Å²) in [6, 6.07) is 11.0. The normalized spacial score (nSPS) is 30.4. The molecule has 1 aromatic carbocycles. The van der Waals surface area contributed by atoms with Crippen LogP contribution < -0.4 is 5.32 Å². The molecule has 4 unspecified atom stereocenters. The molecule has 1 aliphatic carbocycles. The van der Waals surface area contributed by atoms with Gasteiger partial charge in [0.25, 0.3) is 0 Å². The molecule has 23 heavy (non-hydrogen) atoms. The van der Waals surface area contributed by atoms with Crippen LogP contribution in [-0.4, -0.2) is 54.5 Å². The van der Waals surface area contributed by atoms with Crippen molar-refractivity contribution in [3.8, 4) is 0 Å². The molecule has 1 aromatic rings. The fourth-order valence-electron chi connectivity index (χ4n) is 3.74. The molecule has 1 heterocycles. The van der Waals surface area contributed by atoms with Crippen molar-refractivity contribution in [3.05, 3.63) is 35.9 Å². The monoisotopic (exact) mass is 318 g/mol. The van der Waals surface area contributed by atoms with Crippen molar-refractivity contribution in [2.75, 3.05) is 26.2 Å². The molecule has 128 valence electrons. The van der Waals surface area contributed by atoms with Gasteiger partial charge in [-0.2, -0.15) is 0 Å². The van der Waals surface area contributed by atoms with E-state index in [1.807, 2.05) is 0 Å². The van der Waals surface area contributed by atoms with Gasteiger partial charge in [0.2, 0.25) is 0 Å². The first-order valence-corrected chi connectivity index (χ1v) is 9.01. The zero-order valence-electron chi connectivity index (χ0n) is 14.2. The van der Waals surface area contributed by atoms with E-state index in [0.717, 1.165) is 52.0 Å². The zero-order chi connectivity index (χ0) is 16.1. The molecule has 0 amide bonds. The van der Waals surface area contributed by atoms with E-state index in [-0.39, 0.29) is 12.2 Å². The molecular weight excluding hydrogens is 288 g/mol. The maximum absolute atomic E-state index is 9.94. The van der Waals surface area contributed by atoms with E-state index in [9.17, 15) is 5.11 Å². The molecule has 1 saturated carbocycles. The van der Waals surface area contributed by atoms with E-state index in [1.165, 1.54) is 5.56 Å². The van der Waals surface area contributed by atoms with Gasteiger partial charge in [0.15, 0.2) is 0 Å². The van der Waals surface area contributed by atoms with Gasteiger partial charge in [-0.05, 0) is 31.2 Å². The number of nitrogens with zero attached hydrogens (tertiary/aromatic N) is 1. The molecule has 0 bridgehead atoms. The maximum atomic E-state index is 9.94. The fraction of sp³-hybridized carbons (Fsp3) is 0.684.